The van der Waals surface area contributed by atoms with Crippen molar-refractivity contribution in [2.45, 2.75) is 19.9 Å². The first-order valence-corrected chi connectivity index (χ1v) is 7.26. The molecular formula is C16H20N4O3. The lowest BCUT2D eigenvalue weighted by Gasteiger charge is -2.21. The van der Waals surface area contributed by atoms with Gasteiger partial charge in [0.25, 0.3) is 0 Å². The fraction of sp³-hybridized carbons (Fsp3) is 0.312. The monoisotopic (exact) mass is 316 g/mol. The molecule has 7 nitrogen and oxygen atoms in total. The Morgan fingerprint density at radius 3 is 2.74 bits per heavy atom. The molecule has 1 aromatic heterocycles. The van der Waals surface area contributed by atoms with Crippen LogP contribution >= 0.6 is 0 Å². The van der Waals surface area contributed by atoms with Gasteiger partial charge < -0.3 is 21.3 Å². The van der Waals surface area contributed by atoms with E-state index in [2.05, 4.69) is 15.3 Å². The summed E-state index contributed by atoms with van der Waals surface area (Å²) < 4.78 is 0. The Morgan fingerprint density at radius 1 is 1.39 bits per heavy atom. The van der Waals surface area contributed by atoms with Crippen LogP contribution in [0, 0.1) is 5.92 Å². The zero-order valence-corrected chi connectivity index (χ0v) is 13.0. The standard InChI is InChI=1S/C16H20N4O3/c1-9(2)13(8-21)20-15-14(17)18-7-12(19-15)10-4-3-5-11(6-10)16(22)23/h3-7,9,13,21H,8H2,1-2H3,(H2,17,18)(H,19,20)(H,22,23)/t13-/m1/s1. The predicted molar refractivity (Wildman–Crippen MR) is 88.2 cm³/mol. The molecule has 0 spiro atoms. The van der Waals surface area contributed by atoms with Gasteiger partial charge in [0.05, 0.1) is 30.1 Å². The number of carboxylic acid groups (broad SMARTS) is 1. The molecule has 2 rings (SSSR count). The fourth-order valence-electron chi connectivity index (χ4n) is 2.05. The maximum absolute atomic E-state index is 11.1. The van der Waals surface area contributed by atoms with Crippen molar-refractivity contribution in [1.29, 1.82) is 0 Å². The van der Waals surface area contributed by atoms with Crippen molar-refractivity contribution >= 4 is 17.6 Å². The molecule has 5 N–H and O–H groups in total. The van der Waals surface area contributed by atoms with Gasteiger partial charge in [-0.3, -0.25) is 0 Å². The zero-order valence-electron chi connectivity index (χ0n) is 13.0. The van der Waals surface area contributed by atoms with Crippen LogP contribution < -0.4 is 11.1 Å². The number of carboxylic acids is 1. The topological polar surface area (TPSA) is 121 Å². The van der Waals surface area contributed by atoms with E-state index in [1.807, 2.05) is 13.8 Å². The number of anilines is 2. The lowest BCUT2D eigenvalue weighted by atomic mass is 10.1. The maximum atomic E-state index is 11.1. The smallest absolute Gasteiger partial charge is 0.335 e. The molecule has 0 saturated carbocycles. The van der Waals surface area contributed by atoms with Gasteiger partial charge in [-0.15, -0.1) is 0 Å². The first kappa shape index (κ1) is 16.7. The normalized spacial score (nSPS) is 12.2. The van der Waals surface area contributed by atoms with Crippen molar-refractivity contribution in [3.05, 3.63) is 36.0 Å². The summed E-state index contributed by atoms with van der Waals surface area (Å²) in [5, 5.41) is 21.6. The minimum absolute atomic E-state index is 0.0580. The average molecular weight is 316 g/mol. The van der Waals surface area contributed by atoms with E-state index in [4.69, 9.17) is 10.8 Å². The number of aliphatic hydroxyl groups excluding tert-OH is 1. The van der Waals surface area contributed by atoms with Crippen LogP contribution in [-0.4, -0.2) is 38.8 Å². The summed E-state index contributed by atoms with van der Waals surface area (Å²) in [6.07, 6.45) is 1.49. The molecule has 1 heterocycles. The number of hydrogen-bond acceptors (Lipinski definition) is 6. The highest BCUT2D eigenvalue weighted by Crippen LogP contribution is 2.23. The molecule has 0 unspecified atom stereocenters. The van der Waals surface area contributed by atoms with E-state index >= 15 is 0 Å². The molecule has 0 aliphatic carbocycles. The van der Waals surface area contributed by atoms with Crippen LogP contribution in [0.4, 0.5) is 11.6 Å². The third kappa shape index (κ3) is 3.95. The number of aliphatic hydroxyl groups is 1. The molecule has 0 bridgehead atoms. The van der Waals surface area contributed by atoms with Gasteiger partial charge in [0.15, 0.2) is 11.6 Å². The van der Waals surface area contributed by atoms with E-state index in [0.717, 1.165) is 0 Å². The van der Waals surface area contributed by atoms with Gasteiger partial charge in [-0.25, -0.2) is 14.8 Å². The number of aromatic nitrogens is 2. The Balaban J connectivity index is 2.36. The lowest BCUT2D eigenvalue weighted by molar-refractivity contribution is 0.0697. The molecule has 0 aliphatic rings. The first-order valence-electron chi connectivity index (χ1n) is 7.26. The highest BCUT2D eigenvalue weighted by molar-refractivity contribution is 5.89. The van der Waals surface area contributed by atoms with Gasteiger partial charge in [-0.2, -0.15) is 0 Å². The molecule has 0 amide bonds. The number of benzene rings is 1. The van der Waals surface area contributed by atoms with Gasteiger partial charge in [0.2, 0.25) is 0 Å². The number of nitrogens with one attached hydrogen (secondary N) is 1. The van der Waals surface area contributed by atoms with Crippen molar-refractivity contribution < 1.29 is 15.0 Å². The molecular weight excluding hydrogens is 296 g/mol. The SMILES string of the molecule is CC(C)[C@@H](CO)Nc1nc(-c2cccc(C(=O)O)c2)cnc1N. The van der Waals surface area contributed by atoms with Crippen LogP contribution in [-0.2, 0) is 0 Å². The molecule has 1 atom stereocenters. The van der Waals surface area contributed by atoms with Crippen molar-refractivity contribution in [3.63, 3.8) is 0 Å². The highest BCUT2D eigenvalue weighted by Gasteiger charge is 2.15. The second-order valence-electron chi connectivity index (χ2n) is 5.55. The van der Waals surface area contributed by atoms with Crippen molar-refractivity contribution in [3.8, 4) is 11.3 Å². The molecule has 0 radical (unpaired) electrons. The summed E-state index contributed by atoms with van der Waals surface area (Å²) in [5.74, 6) is -0.229. The number of carbonyl (C=O) groups is 1. The summed E-state index contributed by atoms with van der Waals surface area (Å²) in [5.41, 5.74) is 7.14. The second-order valence-corrected chi connectivity index (χ2v) is 5.55. The molecule has 23 heavy (non-hydrogen) atoms. The fourth-order valence-corrected chi connectivity index (χ4v) is 2.05. The summed E-state index contributed by atoms with van der Waals surface area (Å²) in [7, 11) is 0. The largest absolute Gasteiger partial charge is 0.478 e. The molecule has 2 aromatic rings. The quantitative estimate of drug-likeness (QED) is 0.641. The second kappa shape index (κ2) is 7.06. The van der Waals surface area contributed by atoms with Gasteiger partial charge in [0.1, 0.15) is 0 Å². The Morgan fingerprint density at radius 2 is 2.13 bits per heavy atom. The van der Waals surface area contributed by atoms with E-state index in [1.54, 1.807) is 12.1 Å². The summed E-state index contributed by atoms with van der Waals surface area (Å²) in [6.45, 7) is 3.88. The van der Waals surface area contributed by atoms with Crippen LogP contribution in [0.5, 0.6) is 0 Å². The van der Waals surface area contributed by atoms with Crippen molar-refractivity contribution in [1.82, 2.24) is 9.97 Å². The van der Waals surface area contributed by atoms with E-state index in [0.29, 0.717) is 17.1 Å². The minimum atomic E-state index is -1.01. The predicted octanol–water partition coefficient (Wildman–Crippen LogP) is 1.85. The number of hydrogen-bond donors (Lipinski definition) is 4. The summed E-state index contributed by atoms with van der Waals surface area (Å²) >= 11 is 0. The molecule has 122 valence electrons. The minimum Gasteiger partial charge on any atom is -0.478 e. The molecule has 1 aromatic carbocycles. The average Bonchev–Trinajstić information content (AvgIpc) is 2.53. The molecule has 0 fully saturated rings. The van der Waals surface area contributed by atoms with Gasteiger partial charge in [-0.1, -0.05) is 26.0 Å². The molecule has 0 aliphatic heterocycles. The van der Waals surface area contributed by atoms with Crippen molar-refractivity contribution in [2.24, 2.45) is 5.92 Å². The number of nitrogen functional groups attached to an aromatic ring is 1. The molecule has 0 saturated heterocycles. The summed E-state index contributed by atoms with van der Waals surface area (Å²) in [6, 6.07) is 6.23. The van der Waals surface area contributed by atoms with E-state index < -0.39 is 5.97 Å². The van der Waals surface area contributed by atoms with Crippen LogP contribution in [0.3, 0.4) is 0 Å². The Bertz CT molecular complexity index is 703. The first-order chi connectivity index (χ1) is 10.9. The maximum Gasteiger partial charge on any atom is 0.335 e. The molecule has 7 heteroatoms. The Hall–Kier alpha value is -2.67. The number of rotatable bonds is 6. The van der Waals surface area contributed by atoms with E-state index in [9.17, 15) is 9.90 Å². The van der Waals surface area contributed by atoms with Crippen LogP contribution in [0.2, 0.25) is 0 Å². The Kier molecular flexibility index (Phi) is 5.13. The van der Waals surface area contributed by atoms with Gasteiger partial charge in [-0.05, 0) is 18.1 Å². The Labute approximate surface area is 134 Å². The van der Waals surface area contributed by atoms with E-state index in [1.165, 1.54) is 18.3 Å². The number of nitrogens with zero attached hydrogens (tertiary/aromatic N) is 2. The third-order valence-electron chi connectivity index (χ3n) is 3.53. The van der Waals surface area contributed by atoms with Crippen LogP contribution in [0.1, 0.15) is 24.2 Å². The third-order valence-corrected chi connectivity index (χ3v) is 3.53. The number of aromatic carboxylic acids is 1. The van der Waals surface area contributed by atoms with Gasteiger partial charge >= 0.3 is 5.97 Å². The van der Waals surface area contributed by atoms with Gasteiger partial charge in [0, 0.05) is 5.56 Å². The number of nitrogens with two attached hydrogens (primary N) is 1. The van der Waals surface area contributed by atoms with E-state index in [-0.39, 0.29) is 29.9 Å². The highest BCUT2D eigenvalue weighted by atomic mass is 16.4. The van der Waals surface area contributed by atoms with Crippen LogP contribution in [0.25, 0.3) is 11.3 Å². The van der Waals surface area contributed by atoms with Crippen molar-refractivity contribution in [2.75, 3.05) is 17.7 Å². The van der Waals surface area contributed by atoms with Crippen LogP contribution in [0.15, 0.2) is 30.5 Å². The lowest BCUT2D eigenvalue weighted by Crippen LogP contribution is -2.30. The zero-order chi connectivity index (χ0) is 17.0. The summed E-state index contributed by atoms with van der Waals surface area (Å²) in [4.78, 5) is 19.6.